The number of likely N-dealkylation sites (tertiary alicyclic amines) is 1. The van der Waals surface area contributed by atoms with E-state index < -0.39 is 0 Å². The molecule has 2 aromatic rings. The molecule has 2 aliphatic heterocycles. The SMILES string of the molecule is Cc1ccccc1NC(=O)C1CCCN(C(=O)c2nn(C)c3c2CN(C(=O)CC2CCCC2)CC3)C1. The second kappa shape index (κ2) is 10.4. The van der Waals surface area contributed by atoms with Crippen LogP contribution in [0.5, 0.6) is 0 Å². The Kier molecular flexibility index (Phi) is 7.12. The number of nitrogens with zero attached hydrogens (tertiary/aromatic N) is 4. The van der Waals surface area contributed by atoms with E-state index in [1.165, 1.54) is 12.8 Å². The minimum Gasteiger partial charge on any atom is -0.338 e. The standard InChI is InChI=1S/C28H37N5O3/c1-19-8-3-6-12-23(19)29-27(35)21-11-7-14-33(17-21)28(36)26-22-18-32(15-13-24(22)31(2)30-26)25(34)16-20-9-4-5-10-20/h3,6,8,12,20-21H,4-5,7,9-11,13-18H2,1-2H3,(H,29,35). The highest BCUT2D eigenvalue weighted by atomic mass is 16.2. The second-order valence-electron chi connectivity index (χ2n) is 10.7. The van der Waals surface area contributed by atoms with E-state index in [1.807, 2.05) is 43.1 Å². The van der Waals surface area contributed by atoms with Crippen molar-refractivity contribution in [2.24, 2.45) is 18.9 Å². The number of rotatable bonds is 5. The molecule has 3 amide bonds. The number of carbonyl (C=O) groups excluding carboxylic acids is 3. The first-order valence-corrected chi connectivity index (χ1v) is 13.4. The summed E-state index contributed by atoms with van der Waals surface area (Å²) in [6.07, 6.45) is 7.60. The van der Waals surface area contributed by atoms with E-state index in [2.05, 4.69) is 10.4 Å². The molecule has 1 aliphatic carbocycles. The molecule has 192 valence electrons. The van der Waals surface area contributed by atoms with Gasteiger partial charge >= 0.3 is 0 Å². The van der Waals surface area contributed by atoms with E-state index >= 15 is 0 Å². The Hall–Kier alpha value is -3.16. The number of nitrogens with one attached hydrogen (secondary N) is 1. The molecular formula is C28H37N5O3. The van der Waals surface area contributed by atoms with Crippen molar-refractivity contribution in [2.45, 2.75) is 64.8 Å². The topological polar surface area (TPSA) is 87.5 Å². The van der Waals surface area contributed by atoms with Gasteiger partial charge in [-0.25, -0.2) is 0 Å². The highest BCUT2D eigenvalue weighted by molar-refractivity contribution is 5.96. The first kappa shape index (κ1) is 24.5. The lowest BCUT2D eigenvalue weighted by Crippen LogP contribution is -2.44. The number of aromatic nitrogens is 2. The predicted molar refractivity (Wildman–Crippen MR) is 137 cm³/mol. The molecule has 2 fully saturated rings. The third kappa shape index (κ3) is 5.04. The number of anilines is 1. The summed E-state index contributed by atoms with van der Waals surface area (Å²) in [5, 5.41) is 7.64. The summed E-state index contributed by atoms with van der Waals surface area (Å²) >= 11 is 0. The monoisotopic (exact) mass is 491 g/mol. The molecule has 1 atom stereocenters. The van der Waals surface area contributed by atoms with E-state index in [4.69, 9.17) is 0 Å². The summed E-state index contributed by atoms with van der Waals surface area (Å²) in [7, 11) is 1.88. The van der Waals surface area contributed by atoms with Crippen molar-refractivity contribution in [3.8, 4) is 0 Å². The number of para-hydroxylation sites is 1. The number of hydrogen-bond acceptors (Lipinski definition) is 4. The molecule has 8 nitrogen and oxygen atoms in total. The van der Waals surface area contributed by atoms with Gasteiger partial charge in [0, 0.05) is 63.0 Å². The number of fused-ring (bicyclic) bond motifs is 1. The van der Waals surface area contributed by atoms with E-state index in [-0.39, 0.29) is 23.6 Å². The first-order valence-electron chi connectivity index (χ1n) is 13.4. The van der Waals surface area contributed by atoms with Crippen LogP contribution in [-0.4, -0.2) is 56.9 Å². The maximum atomic E-state index is 13.6. The van der Waals surface area contributed by atoms with Crippen molar-refractivity contribution in [1.82, 2.24) is 19.6 Å². The van der Waals surface area contributed by atoms with E-state index in [9.17, 15) is 14.4 Å². The lowest BCUT2D eigenvalue weighted by Gasteiger charge is -2.32. The molecule has 8 heteroatoms. The molecule has 0 radical (unpaired) electrons. The van der Waals surface area contributed by atoms with Crippen molar-refractivity contribution in [3.63, 3.8) is 0 Å². The molecule has 1 saturated carbocycles. The van der Waals surface area contributed by atoms with E-state index in [0.29, 0.717) is 50.6 Å². The fourth-order valence-electron chi connectivity index (χ4n) is 6.04. The van der Waals surface area contributed by atoms with Crippen LogP contribution in [0.2, 0.25) is 0 Å². The summed E-state index contributed by atoms with van der Waals surface area (Å²) in [6, 6.07) is 7.73. The van der Waals surface area contributed by atoms with Gasteiger partial charge in [-0.2, -0.15) is 5.10 Å². The number of piperidine rings is 1. The summed E-state index contributed by atoms with van der Waals surface area (Å²) in [6.45, 7) is 4.09. The Labute approximate surface area is 213 Å². The van der Waals surface area contributed by atoms with Gasteiger partial charge in [-0.1, -0.05) is 31.0 Å². The lowest BCUT2D eigenvalue weighted by molar-refractivity contribution is -0.133. The average molecular weight is 492 g/mol. The summed E-state index contributed by atoms with van der Waals surface area (Å²) < 4.78 is 1.80. The number of amides is 3. The first-order chi connectivity index (χ1) is 17.4. The van der Waals surface area contributed by atoms with Gasteiger partial charge in [0.05, 0.1) is 5.92 Å². The summed E-state index contributed by atoms with van der Waals surface area (Å²) in [5.41, 5.74) is 4.17. The quantitative estimate of drug-likeness (QED) is 0.691. The predicted octanol–water partition coefficient (Wildman–Crippen LogP) is 3.68. The van der Waals surface area contributed by atoms with Gasteiger partial charge in [0.25, 0.3) is 5.91 Å². The lowest BCUT2D eigenvalue weighted by atomic mass is 9.96. The molecule has 3 aliphatic rings. The zero-order valence-electron chi connectivity index (χ0n) is 21.5. The summed E-state index contributed by atoms with van der Waals surface area (Å²) in [4.78, 5) is 43.3. The van der Waals surface area contributed by atoms with Crippen molar-refractivity contribution < 1.29 is 14.4 Å². The van der Waals surface area contributed by atoms with E-state index in [1.54, 1.807) is 9.58 Å². The Bertz CT molecular complexity index is 1150. The van der Waals surface area contributed by atoms with Gasteiger partial charge in [-0.05, 0) is 50.2 Å². The molecule has 5 rings (SSSR count). The minimum atomic E-state index is -0.258. The van der Waals surface area contributed by atoms with Gasteiger partial charge in [0.15, 0.2) is 5.69 Å². The van der Waals surface area contributed by atoms with Crippen LogP contribution in [0.25, 0.3) is 0 Å². The Morgan fingerprint density at radius 1 is 1.03 bits per heavy atom. The maximum Gasteiger partial charge on any atom is 0.274 e. The van der Waals surface area contributed by atoms with Crippen LogP contribution >= 0.6 is 0 Å². The minimum absolute atomic E-state index is 0.0477. The number of hydrogen-bond donors (Lipinski definition) is 1. The van der Waals surface area contributed by atoms with Gasteiger partial charge < -0.3 is 15.1 Å². The highest BCUT2D eigenvalue weighted by Gasteiger charge is 2.35. The molecular weight excluding hydrogens is 454 g/mol. The summed E-state index contributed by atoms with van der Waals surface area (Å²) in [5.74, 6) is 0.260. The normalized spacial score (nSPS) is 20.3. The van der Waals surface area contributed by atoms with Crippen LogP contribution in [0.1, 0.15) is 72.3 Å². The van der Waals surface area contributed by atoms with Crippen LogP contribution in [0.15, 0.2) is 24.3 Å². The van der Waals surface area contributed by atoms with Gasteiger partial charge in [-0.3, -0.25) is 19.1 Å². The van der Waals surface area contributed by atoms with Crippen molar-refractivity contribution >= 4 is 23.4 Å². The van der Waals surface area contributed by atoms with Gasteiger partial charge in [0.2, 0.25) is 11.8 Å². The van der Waals surface area contributed by atoms with E-state index in [0.717, 1.165) is 48.2 Å². The van der Waals surface area contributed by atoms with Gasteiger partial charge in [-0.15, -0.1) is 0 Å². The average Bonchev–Trinajstić information content (AvgIpc) is 3.52. The molecule has 1 unspecified atom stereocenters. The Morgan fingerprint density at radius 2 is 1.81 bits per heavy atom. The van der Waals surface area contributed by atoms with Crippen LogP contribution < -0.4 is 5.32 Å². The zero-order chi connectivity index (χ0) is 25.2. The Morgan fingerprint density at radius 3 is 2.58 bits per heavy atom. The van der Waals surface area contributed by atoms with Crippen LogP contribution in [0.4, 0.5) is 5.69 Å². The van der Waals surface area contributed by atoms with Crippen LogP contribution in [-0.2, 0) is 29.6 Å². The molecule has 1 aromatic heterocycles. The van der Waals surface area contributed by atoms with Crippen LogP contribution in [0, 0.1) is 18.8 Å². The molecule has 3 heterocycles. The molecule has 0 bridgehead atoms. The third-order valence-electron chi connectivity index (χ3n) is 8.22. The molecule has 1 N–H and O–H groups in total. The smallest absolute Gasteiger partial charge is 0.274 e. The Balaban J connectivity index is 1.27. The fourth-order valence-corrected chi connectivity index (χ4v) is 6.04. The van der Waals surface area contributed by atoms with Crippen LogP contribution in [0.3, 0.4) is 0 Å². The second-order valence-corrected chi connectivity index (χ2v) is 10.7. The fraction of sp³-hybridized carbons (Fsp3) is 0.571. The number of aryl methyl sites for hydroxylation is 2. The largest absolute Gasteiger partial charge is 0.338 e. The third-order valence-corrected chi connectivity index (χ3v) is 8.22. The van der Waals surface area contributed by atoms with Crippen molar-refractivity contribution in [3.05, 3.63) is 46.8 Å². The van der Waals surface area contributed by atoms with Gasteiger partial charge in [0.1, 0.15) is 0 Å². The molecule has 0 spiro atoms. The molecule has 1 aromatic carbocycles. The number of benzene rings is 1. The number of carbonyl (C=O) groups is 3. The zero-order valence-corrected chi connectivity index (χ0v) is 21.5. The molecule has 36 heavy (non-hydrogen) atoms. The highest BCUT2D eigenvalue weighted by Crippen LogP contribution is 2.30. The van der Waals surface area contributed by atoms with Crippen molar-refractivity contribution in [2.75, 3.05) is 25.0 Å². The van der Waals surface area contributed by atoms with Crippen molar-refractivity contribution in [1.29, 1.82) is 0 Å². The maximum absolute atomic E-state index is 13.6. The molecule has 1 saturated heterocycles.